The third kappa shape index (κ3) is 5.95. The Morgan fingerprint density at radius 1 is 1.33 bits per heavy atom. The number of carbonyl (C=O) groups is 1. The van der Waals surface area contributed by atoms with Crippen molar-refractivity contribution in [2.75, 3.05) is 57.1 Å². The molecule has 0 bridgehead atoms. The fraction of sp³-hybridized carbons (Fsp3) is 0.500. The normalized spacial score (nSPS) is 14.8. The van der Waals surface area contributed by atoms with Crippen LogP contribution in [0, 0.1) is 0 Å². The number of carbonyl (C=O) groups excluding carboxylic acids is 1. The summed E-state index contributed by atoms with van der Waals surface area (Å²) < 4.78 is 10.6. The van der Waals surface area contributed by atoms with Crippen molar-refractivity contribution in [2.45, 2.75) is 6.92 Å². The predicted octanol–water partition coefficient (Wildman–Crippen LogP) is 1.27. The molecule has 8 heteroatoms. The Morgan fingerprint density at radius 3 is 2.75 bits per heavy atom. The van der Waals surface area contributed by atoms with Crippen molar-refractivity contribution in [1.82, 2.24) is 10.2 Å². The second kappa shape index (κ2) is 9.41. The van der Waals surface area contributed by atoms with Crippen molar-refractivity contribution in [2.24, 2.45) is 0 Å². The molecule has 7 nitrogen and oxygen atoms in total. The molecule has 1 aliphatic heterocycles. The predicted molar refractivity (Wildman–Crippen MR) is 98.8 cm³/mol. The zero-order valence-corrected chi connectivity index (χ0v) is 14.9. The molecule has 1 aromatic carbocycles. The number of hydrogen-bond donors (Lipinski definition) is 3. The lowest BCUT2D eigenvalue weighted by molar-refractivity contribution is -0.114. The number of methoxy groups -OCH3 is 1. The second-order valence-electron chi connectivity index (χ2n) is 5.43. The summed E-state index contributed by atoms with van der Waals surface area (Å²) in [5, 5.41) is 9.55. The number of amides is 1. The average molecular weight is 352 g/mol. The van der Waals surface area contributed by atoms with E-state index in [-0.39, 0.29) is 5.91 Å². The highest BCUT2D eigenvalue weighted by Crippen LogP contribution is 2.27. The molecule has 0 saturated carbocycles. The number of benzene rings is 1. The molecule has 0 unspecified atom stereocenters. The van der Waals surface area contributed by atoms with E-state index in [1.165, 1.54) is 6.92 Å². The Morgan fingerprint density at radius 2 is 2.08 bits per heavy atom. The molecule has 0 atom stereocenters. The van der Waals surface area contributed by atoms with E-state index >= 15 is 0 Å². The summed E-state index contributed by atoms with van der Waals surface area (Å²) in [6, 6.07) is 5.35. The number of rotatable bonds is 6. The van der Waals surface area contributed by atoms with E-state index < -0.39 is 0 Å². The van der Waals surface area contributed by atoms with E-state index in [0.29, 0.717) is 22.2 Å². The molecule has 3 N–H and O–H groups in total. The first-order chi connectivity index (χ1) is 11.6. The van der Waals surface area contributed by atoms with E-state index in [9.17, 15) is 4.79 Å². The first-order valence-electron chi connectivity index (χ1n) is 7.89. The van der Waals surface area contributed by atoms with Gasteiger partial charge >= 0.3 is 0 Å². The Balaban J connectivity index is 1.86. The second-order valence-corrected chi connectivity index (χ2v) is 5.84. The largest absolute Gasteiger partial charge is 0.495 e. The van der Waals surface area contributed by atoms with Gasteiger partial charge in [0.2, 0.25) is 5.91 Å². The molecule has 2 rings (SSSR count). The van der Waals surface area contributed by atoms with Gasteiger partial charge in [0, 0.05) is 38.8 Å². The van der Waals surface area contributed by atoms with Crippen LogP contribution in [-0.2, 0) is 9.53 Å². The van der Waals surface area contributed by atoms with Crippen molar-refractivity contribution in [3.63, 3.8) is 0 Å². The first kappa shape index (κ1) is 18.4. The van der Waals surface area contributed by atoms with E-state index in [1.807, 2.05) is 0 Å². The molecule has 1 aliphatic rings. The van der Waals surface area contributed by atoms with Gasteiger partial charge in [-0.05, 0) is 30.4 Å². The maximum absolute atomic E-state index is 11.2. The monoisotopic (exact) mass is 352 g/mol. The molecule has 0 aromatic heterocycles. The minimum Gasteiger partial charge on any atom is -0.495 e. The lowest BCUT2D eigenvalue weighted by Gasteiger charge is -2.26. The first-order valence-corrected chi connectivity index (χ1v) is 8.30. The number of thiocarbonyl (C=S) groups is 1. The molecule has 0 spiro atoms. The van der Waals surface area contributed by atoms with Crippen LogP contribution in [-0.4, -0.2) is 62.4 Å². The SMILES string of the molecule is COc1ccc(NC(C)=O)cc1NC(=S)NCCN1CCOCC1. The van der Waals surface area contributed by atoms with E-state index in [4.69, 9.17) is 21.7 Å². The highest BCUT2D eigenvalue weighted by molar-refractivity contribution is 7.80. The third-order valence-corrected chi connectivity index (χ3v) is 3.83. The molecule has 1 fully saturated rings. The molecule has 1 amide bonds. The molecule has 1 saturated heterocycles. The molecule has 1 aromatic rings. The van der Waals surface area contributed by atoms with Crippen LogP contribution in [0.1, 0.15) is 6.92 Å². The zero-order valence-electron chi connectivity index (χ0n) is 14.1. The average Bonchev–Trinajstić information content (AvgIpc) is 2.55. The van der Waals surface area contributed by atoms with Crippen LogP contribution >= 0.6 is 12.2 Å². The summed E-state index contributed by atoms with van der Waals surface area (Å²) in [6.07, 6.45) is 0. The number of nitrogens with one attached hydrogen (secondary N) is 3. The maximum Gasteiger partial charge on any atom is 0.221 e. The Labute approximate surface area is 147 Å². The van der Waals surface area contributed by atoms with E-state index in [2.05, 4.69) is 20.9 Å². The summed E-state index contributed by atoms with van der Waals surface area (Å²) in [7, 11) is 1.59. The van der Waals surface area contributed by atoms with Crippen molar-refractivity contribution >= 4 is 34.6 Å². The lowest BCUT2D eigenvalue weighted by atomic mass is 10.2. The van der Waals surface area contributed by atoms with Crippen LogP contribution in [0.2, 0.25) is 0 Å². The quantitative estimate of drug-likeness (QED) is 0.666. The van der Waals surface area contributed by atoms with Gasteiger partial charge < -0.3 is 25.4 Å². The topological polar surface area (TPSA) is 74.9 Å². The summed E-state index contributed by atoms with van der Waals surface area (Å²) in [5.41, 5.74) is 1.38. The number of morpholine rings is 1. The van der Waals surface area contributed by atoms with Gasteiger partial charge in [-0.1, -0.05) is 0 Å². The molecular weight excluding hydrogens is 328 g/mol. The smallest absolute Gasteiger partial charge is 0.221 e. The van der Waals surface area contributed by atoms with E-state index in [0.717, 1.165) is 39.4 Å². The van der Waals surface area contributed by atoms with Crippen molar-refractivity contribution in [3.05, 3.63) is 18.2 Å². The summed E-state index contributed by atoms with van der Waals surface area (Å²) >= 11 is 5.33. The van der Waals surface area contributed by atoms with Crippen LogP contribution in [0.4, 0.5) is 11.4 Å². The molecule has 0 aliphatic carbocycles. The third-order valence-electron chi connectivity index (χ3n) is 3.59. The minimum absolute atomic E-state index is 0.127. The van der Waals surface area contributed by atoms with Crippen LogP contribution < -0.4 is 20.7 Å². The lowest BCUT2D eigenvalue weighted by Crippen LogP contribution is -2.42. The van der Waals surface area contributed by atoms with Gasteiger partial charge in [0.1, 0.15) is 5.75 Å². The van der Waals surface area contributed by atoms with Gasteiger partial charge in [-0.2, -0.15) is 0 Å². The van der Waals surface area contributed by atoms with Crippen LogP contribution in [0.15, 0.2) is 18.2 Å². The van der Waals surface area contributed by atoms with Gasteiger partial charge in [0.15, 0.2) is 5.11 Å². The molecule has 24 heavy (non-hydrogen) atoms. The Kier molecular flexibility index (Phi) is 7.23. The van der Waals surface area contributed by atoms with Crippen molar-refractivity contribution in [3.8, 4) is 5.75 Å². The Hall–Kier alpha value is -1.90. The fourth-order valence-electron chi connectivity index (χ4n) is 2.41. The van der Waals surface area contributed by atoms with Gasteiger partial charge in [-0.15, -0.1) is 0 Å². The number of hydrogen-bond acceptors (Lipinski definition) is 5. The molecular formula is C16H24N4O3S. The highest BCUT2D eigenvalue weighted by Gasteiger charge is 2.10. The van der Waals surface area contributed by atoms with Crippen LogP contribution in [0.3, 0.4) is 0 Å². The van der Waals surface area contributed by atoms with Gasteiger partial charge in [-0.3, -0.25) is 9.69 Å². The summed E-state index contributed by atoms with van der Waals surface area (Å²) in [6.45, 7) is 6.61. The van der Waals surface area contributed by atoms with E-state index in [1.54, 1.807) is 25.3 Å². The van der Waals surface area contributed by atoms with Gasteiger partial charge in [0.05, 0.1) is 26.0 Å². The standard InChI is InChI=1S/C16H24N4O3S/c1-12(21)18-13-3-4-15(22-2)14(11-13)19-16(24)17-5-6-20-7-9-23-10-8-20/h3-4,11H,5-10H2,1-2H3,(H,18,21)(H2,17,19,24). The Bertz CT molecular complexity index is 576. The summed E-state index contributed by atoms with van der Waals surface area (Å²) in [5.74, 6) is 0.527. The van der Waals surface area contributed by atoms with Crippen LogP contribution in [0.25, 0.3) is 0 Å². The summed E-state index contributed by atoms with van der Waals surface area (Å²) in [4.78, 5) is 13.5. The van der Waals surface area contributed by atoms with Gasteiger partial charge in [-0.25, -0.2) is 0 Å². The number of anilines is 2. The number of nitrogens with zero attached hydrogens (tertiary/aromatic N) is 1. The van der Waals surface area contributed by atoms with Crippen LogP contribution in [0.5, 0.6) is 5.75 Å². The maximum atomic E-state index is 11.2. The fourth-order valence-corrected chi connectivity index (χ4v) is 2.62. The van der Waals surface area contributed by atoms with Gasteiger partial charge in [0.25, 0.3) is 0 Å². The minimum atomic E-state index is -0.127. The molecule has 1 heterocycles. The van der Waals surface area contributed by atoms with Crippen molar-refractivity contribution < 1.29 is 14.3 Å². The molecule has 132 valence electrons. The highest BCUT2D eigenvalue weighted by atomic mass is 32.1. The molecule has 0 radical (unpaired) electrons. The zero-order chi connectivity index (χ0) is 17.4. The van der Waals surface area contributed by atoms with Crippen molar-refractivity contribution in [1.29, 1.82) is 0 Å². The number of ether oxygens (including phenoxy) is 2.